The van der Waals surface area contributed by atoms with Gasteiger partial charge in [0.25, 0.3) is 5.91 Å². The summed E-state index contributed by atoms with van der Waals surface area (Å²) >= 11 is 3.31. The van der Waals surface area contributed by atoms with Crippen LogP contribution in [0, 0.1) is 0 Å². The number of amides is 1. The number of nitrogens with zero attached hydrogens (tertiary/aromatic N) is 2. The SMILES string of the molecule is NN(C(=O)c1cccc(Br)c1)c1ccncc1. The van der Waals surface area contributed by atoms with Crippen LogP contribution in [0.3, 0.4) is 0 Å². The number of nitrogens with two attached hydrogens (primary N) is 1. The summed E-state index contributed by atoms with van der Waals surface area (Å²) in [6, 6.07) is 10.4. The zero-order valence-electron chi connectivity index (χ0n) is 8.88. The predicted molar refractivity (Wildman–Crippen MR) is 69.4 cm³/mol. The van der Waals surface area contributed by atoms with Crippen molar-refractivity contribution in [2.24, 2.45) is 5.84 Å². The first kappa shape index (κ1) is 11.8. The van der Waals surface area contributed by atoms with Crippen molar-refractivity contribution in [2.75, 3.05) is 5.01 Å². The van der Waals surface area contributed by atoms with Gasteiger partial charge in [0.2, 0.25) is 0 Å². The lowest BCUT2D eigenvalue weighted by Gasteiger charge is -2.16. The summed E-state index contributed by atoms with van der Waals surface area (Å²) in [7, 11) is 0. The number of pyridine rings is 1. The molecule has 1 amide bonds. The van der Waals surface area contributed by atoms with Gasteiger partial charge in [-0.3, -0.25) is 9.78 Å². The van der Waals surface area contributed by atoms with E-state index in [0.717, 1.165) is 9.48 Å². The van der Waals surface area contributed by atoms with Gasteiger partial charge in [-0.2, -0.15) is 0 Å². The second-order valence-corrected chi connectivity index (χ2v) is 4.31. The van der Waals surface area contributed by atoms with E-state index in [1.807, 2.05) is 6.07 Å². The molecule has 0 aliphatic heterocycles. The third kappa shape index (κ3) is 2.69. The van der Waals surface area contributed by atoms with Crippen LogP contribution < -0.4 is 10.9 Å². The average Bonchev–Trinajstić information content (AvgIpc) is 2.38. The van der Waals surface area contributed by atoms with E-state index in [-0.39, 0.29) is 5.91 Å². The Morgan fingerprint density at radius 2 is 1.94 bits per heavy atom. The van der Waals surface area contributed by atoms with E-state index >= 15 is 0 Å². The van der Waals surface area contributed by atoms with E-state index in [0.29, 0.717) is 11.3 Å². The molecule has 2 rings (SSSR count). The third-order valence-corrected chi connectivity index (χ3v) is 2.72. The molecule has 1 aromatic carbocycles. The standard InChI is InChI=1S/C12H10BrN3O/c13-10-3-1-2-9(8-10)12(17)16(14)11-4-6-15-7-5-11/h1-8H,14H2. The maximum atomic E-state index is 12.1. The summed E-state index contributed by atoms with van der Waals surface area (Å²) in [5.41, 5.74) is 1.13. The van der Waals surface area contributed by atoms with Gasteiger partial charge >= 0.3 is 0 Å². The van der Waals surface area contributed by atoms with Crippen LogP contribution in [0.25, 0.3) is 0 Å². The molecule has 5 heteroatoms. The summed E-state index contributed by atoms with van der Waals surface area (Å²) in [5, 5.41) is 1.10. The Bertz CT molecular complexity index is 530. The van der Waals surface area contributed by atoms with Crippen LogP contribution in [0.4, 0.5) is 5.69 Å². The van der Waals surface area contributed by atoms with Crippen molar-refractivity contribution in [1.82, 2.24) is 4.98 Å². The summed E-state index contributed by atoms with van der Waals surface area (Å²) in [5.74, 6) is 5.50. The molecule has 2 N–H and O–H groups in total. The highest BCUT2D eigenvalue weighted by Crippen LogP contribution is 2.15. The van der Waals surface area contributed by atoms with Gasteiger partial charge in [0.05, 0.1) is 5.69 Å². The van der Waals surface area contributed by atoms with E-state index in [2.05, 4.69) is 20.9 Å². The van der Waals surface area contributed by atoms with Crippen molar-refractivity contribution >= 4 is 27.5 Å². The van der Waals surface area contributed by atoms with Gasteiger partial charge in [-0.1, -0.05) is 22.0 Å². The topological polar surface area (TPSA) is 59.2 Å². The lowest BCUT2D eigenvalue weighted by Crippen LogP contribution is -2.37. The lowest BCUT2D eigenvalue weighted by atomic mass is 10.2. The Balaban J connectivity index is 2.27. The Labute approximate surface area is 107 Å². The smallest absolute Gasteiger partial charge is 0.267 e. The van der Waals surface area contributed by atoms with Crippen molar-refractivity contribution < 1.29 is 4.79 Å². The van der Waals surface area contributed by atoms with Crippen molar-refractivity contribution in [1.29, 1.82) is 0 Å². The molecule has 0 bridgehead atoms. The van der Waals surface area contributed by atoms with Crippen LogP contribution in [-0.4, -0.2) is 10.9 Å². The molecule has 1 aromatic heterocycles. The Morgan fingerprint density at radius 1 is 1.24 bits per heavy atom. The monoisotopic (exact) mass is 291 g/mol. The number of carbonyl (C=O) groups excluding carboxylic acids is 1. The normalized spacial score (nSPS) is 10.0. The maximum Gasteiger partial charge on any atom is 0.272 e. The van der Waals surface area contributed by atoms with Crippen molar-refractivity contribution in [2.45, 2.75) is 0 Å². The van der Waals surface area contributed by atoms with Gasteiger partial charge in [-0.15, -0.1) is 0 Å². The highest BCUT2D eigenvalue weighted by molar-refractivity contribution is 9.10. The number of aromatic nitrogens is 1. The first-order chi connectivity index (χ1) is 8.18. The third-order valence-electron chi connectivity index (χ3n) is 2.23. The number of hydrazine groups is 1. The molecule has 0 unspecified atom stereocenters. The van der Waals surface area contributed by atoms with E-state index in [4.69, 9.17) is 5.84 Å². The van der Waals surface area contributed by atoms with Gasteiger partial charge in [0, 0.05) is 22.4 Å². The number of hydrogen-bond acceptors (Lipinski definition) is 3. The molecule has 0 atom stereocenters. The van der Waals surface area contributed by atoms with Crippen molar-refractivity contribution in [3.63, 3.8) is 0 Å². The van der Waals surface area contributed by atoms with Crippen molar-refractivity contribution in [3.05, 3.63) is 58.8 Å². The summed E-state index contributed by atoms with van der Waals surface area (Å²) in [6.45, 7) is 0. The van der Waals surface area contributed by atoms with Crippen LogP contribution in [-0.2, 0) is 0 Å². The highest BCUT2D eigenvalue weighted by atomic mass is 79.9. The number of carbonyl (C=O) groups is 1. The number of benzene rings is 1. The average molecular weight is 292 g/mol. The molecule has 4 nitrogen and oxygen atoms in total. The van der Waals surface area contributed by atoms with Crippen LogP contribution >= 0.6 is 15.9 Å². The number of halogens is 1. The Morgan fingerprint density at radius 3 is 2.59 bits per heavy atom. The Hall–Kier alpha value is -1.72. The minimum atomic E-state index is -0.266. The fraction of sp³-hybridized carbons (Fsp3) is 0. The zero-order chi connectivity index (χ0) is 12.3. The molecule has 0 aliphatic rings. The number of rotatable bonds is 2. The summed E-state index contributed by atoms with van der Waals surface area (Å²) in [4.78, 5) is 15.9. The molecule has 0 fully saturated rings. The quantitative estimate of drug-likeness (QED) is 0.525. The molecule has 0 saturated heterocycles. The van der Waals surface area contributed by atoms with E-state index < -0.39 is 0 Å². The summed E-state index contributed by atoms with van der Waals surface area (Å²) in [6.07, 6.45) is 3.17. The van der Waals surface area contributed by atoms with Gasteiger partial charge in [0.15, 0.2) is 0 Å². The molecule has 0 radical (unpaired) electrons. The molecule has 0 spiro atoms. The first-order valence-corrected chi connectivity index (χ1v) is 5.72. The van der Waals surface area contributed by atoms with Gasteiger partial charge < -0.3 is 0 Å². The van der Waals surface area contributed by atoms with Gasteiger partial charge in [0.1, 0.15) is 0 Å². The zero-order valence-corrected chi connectivity index (χ0v) is 10.5. The minimum Gasteiger partial charge on any atom is -0.267 e. The fourth-order valence-electron chi connectivity index (χ4n) is 1.38. The second kappa shape index (κ2) is 5.07. The lowest BCUT2D eigenvalue weighted by molar-refractivity contribution is 0.0987. The number of anilines is 1. The van der Waals surface area contributed by atoms with Crippen LogP contribution in [0.15, 0.2) is 53.3 Å². The minimum absolute atomic E-state index is 0.266. The number of hydrogen-bond donors (Lipinski definition) is 1. The van der Waals surface area contributed by atoms with E-state index in [1.165, 1.54) is 0 Å². The van der Waals surface area contributed by atoms with Crippen LogP contribution in [0.2, 0.25) is 0 Å². The molecular weight excluding hydrogens is 282 g/mol. The van der Waals surface area contributed by atoms with Crippen LogP contribution in [0.5, 0.6) is 0 Å². The van der Waals surface area contributed by atoms with Gasteiger partial charge in [-0.05, 0) is 30.3 Å². The van der Waals surface area contributed by atoms with Crippen LogP contribution in [0.1, 0.15) is 10.4 Å². The molecule has 0 aliphatic carbocycles. The molecular formula is C12H10BrN3O. The highest BCUT2D eigenvalue weighted by Gasteiger charge is 2.13. The maximum absolute atomic E-state index is 12.1. The molecule has 17 heavy (non-hydrogen) atoms. The first-order valence-electron chi connectivity index (χ1n) is 4.93. The predicted octanol–water partition coefficient (Wildman–Crippen LogP) is 2.36. The second-order valence-electron chi connectivity index (χ2n) is 3.39. The van der Waals surface area contributed by atoms with Crippen molar-refractivity contribution in [3.8, 4) is 0 Å². The van der Waals surface area contributed by atoms with E-state index in [1.54, 1.807) is 42.7 Å². The van der Waals surface area contributed by atoms with E-state index in [9.17, 15) is 4.79 Å². The summed E-state index contributed by atoms with van der Waals surface area (Å²) < 4.78 is 0.839. The van der Waals surface area contributed by atoms with Gasteiger partial charge in [-0.25, -0.2) is 10.9 Å². The fourth-order valence-corrected chi connectivity index (χ4v) is 1.78. The molecule has 86 valence electrons. The largest absolute Gasteiger partial charge is 0.272 e. The Kier molecular flexibility index (Phi) is 3.51. The molecule has 1 heterocycles. The molecule has 2 aromatic rings. The molecule has 0 saturated carbocycles.